The first-order valence-corrected chi connectivity index (χ1v) is 3.48. The number of hydrogen-bond acceptors (Lipinski definition) is 5. The van der Waals surface area contributed by atoms with E-state index >= 15 is 0 Å². The number of nitrogens with zero attached hydrogens (tertiary/aromatic N) is 1. The van der Waals surface area contributed by atoms with Crippen LogP contribution in [0.4, 0.5) is 0 Å². The molecule has 1 heterocycles. The van der Waals surface area contributed by atoms with Crippen molar-refractivity contribution >= 4 is 18.2 Å². The lowest BCUT2D eigenvalue weighted by molar-refractivity contribution is -0.154. The normalized spacial score (nSPS) is 35.6. The van der Waals surface area contributed by atoms with Crippen LogP contribution in [-0.4, -0.2) is 49.9 Å². The smallest absolute Gasteiger partial charge is 0.363 e. The maximum Gasteiger partial charge on any atom is 0.363 e. The van der Waals surface area contributed by atoms with Crippen LogP contribution in [0.15, 0.2) is 17.1 Å². The Hall–Kier alpha value is -1.73. The first kappa shape index (κ1) is 10.4. The van der Waals surface area contributed by atoms with Gasteiger partial charge in [-0.15, -0.1) is 0 Å². The van der Waals surface area contributed by atoms with Crippen LogP contribution in [0.2, 0.25) is 0 Å². The van der Waals surface area contributed by atoms with Crippen LogP contribution in [0, 0.1) is 0 Å². The minimum Gasteiger partial charge on any atom is -0.479 e. The van der Waals surface area contributed by atoms with Gasteiger partial charge in [0.05, 0.1) is 6.21 Å². The second kappa shape index (κ2) is 2.89. The third kappa shape index (κ3) is 1.50. The summed E-state index contributed by atoms with van der Waals surface area (Å²) in [4.78, 5) is 23.9. The van der Waals surface area contributed by atoms with Gasteiger partial charge in [-0.2, -0.15) is 0 Å². The van der Waals surface area contributed by atoms with Gasteiger partial charge >= 0.3 is 11.9 Å². The molecule has 2 unspecified atom stereocenters. The summed E-state index contributed by atoms with van der Waals surface area (Å²) >= 11 is 0. The van der Waals surface area contributed by atoms with Crippen LogP contribution in [0.5, 0.6) is 0 Å². The van der Waals surface area contributed by atoms with E-state index in [2.05, 4.69) is 4.99 Å². The van der Waals surface area contributed by atoms with Crippen molar-refractivity contribution in [3.8, 4) is 0 Å². The highest BCUT2D eigenvalue weighted by Crippen LogP contribution is 2.18. The van der Waals surface area contributed by atoms with E-state index in [9.17, 15) is 19.8 Å². The van der Waals surface area contributed by atoms with Crippen LogP contribution in [-0.2, 0) is 9.59 Å². The van der Waals surface area contributed by atoms with Crippen molar-refractivity contribution in [2.45, 2.75) is 11.3 Å². The van der Waals surface area contributed by atoms with Crippen LogP contribution in [0.3, 0.4) is 0 Å². The number of carboxylic acid groups (broad SMARTS) is 2. The molecule has 1 aliphatic rings. The molecule has 2 atom stereocenters. The zero-order valence-corrected chi connectivity index (χ0v) is 6.78. The molecule has 7 nitrogen and oxygen atoms in total. The quantitative estimate of drug-likeness (QED) is 0.391. The molecule has 0 spiro atoms. The zero-order chi connectivity index (χ0) is 11.0. The Morgan fingerprint density at radius 1 is 1.07 bits per heavy atom. The molecule has 0 bridgehead atoms. The van der Waals surface area contributed by atoms with Gasteiger partial charge in [-0.05, 0) is 12.2 Å². The monoisotopic (exact) mass is 201 g/mol. The Kier molecular flexibility index (Phi) is 2.14. The number of dihydropyridines is 1. The van der Waals surface area contributed by atoms with Gasteiger partial charge in [-0.1, -0.05) is 0 Å². The molecule has 0 aromatic heterocycles. The van der Waals surface area contributed by atoms with Gasteiger partial charge in [0, 0.05) is 0 Å². The molecule has 0 aromatic rings. The maximum absolute atomic E-state index is 10.4. The number of carbonyl (C=O) groups is 2. The summed E-state index contributed by atoms with van der Waals surface area (Å²) in [6, 6.07) is 0. The summed E-state index contributed by atoms with van der Waals surface area (Å²) in [6.07, 6.45) is 1.71. The largest absolute Gasteiger partial charge is 0.479 e. The molecule has 7 heteroatoms. The Bertz CT molecular complexity index is 298. The van der Waals surface area contributed by atoms with Gasteiger partial charge in [-0.25, -0.2) is 14.6 Å². The fourth-order valence-electron chi connectivity index (χ4n) is 0.779. The molecule has 0 aromatic carbocycles. The van der Waals surface area contributed by atoms with Crippen LogP contribution >= 0.6 is 0 Å². The van der Waals surface area contributed by atoms with E-state index in [0.29, 0.717) is 18.4 Å². The van der Waals surface area contributed by atoms with E-state index < -0.39 is 23.3 Å². The van der Waals surface area contributed by atoms with Gasteiger partial charge < -0.3 is 20.4 Å². The first-order chi connectivity index (χ1) is 6.30. The standard InChI is InChI=1S/C7H7NO6/c9-4(10)6(13)1-2-7(14,5(11)12)8-3-6/h1-3,13-14H,(H,9,10)(H,11,12). The van der Waals surface area contributed by atoms with Crippen molar-refractivity contribution in [1.82, 2.24) is 0 Å². The molecular formula is C7H7NO6. The maximum atomic E-state index is 10.4. The molecule has 0 saturated carbocycles. The Balaban J connectivity index is 3.01. The van der Waals surface area contributed by atoms with Crippen LogP contribution in [0.25, 0.3) is 0 Å². The summed E-state index contributed by atoms with van der Waals surface area (Å²) in [7, 11) is 0. The molecule has 0 radical (unpaired) electrons. The Morgan fingerprint density at radius 2 is 1.64 bits per heavy atom. The lowest BCUT2D eigenvalue weighted by atomic mass is 10.00. The molecule has 0 fully saturated rings. The van der Waals surface area contributed by atoms with Crippen LogP contribution in [0.1, 0.15) is 0 Å². The van der Waals surface area contributed by atoms with Crippen molar-refractivity contribution in [3.05, 3.63) is 12.2 Å². The molecule has 0 saturated heterocycles. The van der Waals surface area contributed by atoms with Gasteiger partial charge in [0.15, 0.2) is 0 Å². The zero-order valence-electron chi connectivity index (χ0n) is 6.78. The Morgan fingerprint density at radius 3 is 1.93 bits per heavy atom. The number of aliphatic imine (C=N–C) groups is 1. The number of aliphatic hydroxyl groups is 2. The second-order valence-corrected chi connectivity index (χ2v) is 2.75. The summed E-state index contributed by atoms with van der Waals surface area (Å²) in [5.74, 6) is -3.26. The minimum absolute atomic E-state index is 0.462. The lowest BCUT2D eigenvalue weighted by Crippen LogP contribution is -2.45. The molecule has 4 N–H and O–H groups in total. The van der Waals surface area contributed by atoms with E-state index in [0.717, 1.165) is 0 Å². The number of aliphatic carboxylic acids is 2. The Labute approximate surface area is 77.6 Å². The summed E-state index contributed by atoms with van der Waals surface area (Å²) in [5, 5.41) is 35.3. The fourth-order valence-corrected chi connectivity index (χ4v) is 0.779. The fraction of sp³-hybridized carbons (Fsp3) is 0.286. The van der Waals surface area contributed by atoms with E-state index in [4.69, 9.17) is 10.2 Å². The average Bonchev–Trinajstić information content (AvgIpc) is 2.10. The van der Waals surface area contributed by atoms with Crippen LogP contribution < -0.4 is 0 Å². The van der Waals surface area contributed by atoms with Crippen molar-refractivity contribution in [2.75, 3.05) is 0 Å². The van der Waals surface area contributed by atoms with E-state index in [1.54, 1.807) is 0 Å². The first-order valence-electron chi connectivity index (χ1n) is 3.48. The number of carboxylic acids is 2. The van der Waals surface area contributed by atoms with E-state index in [1.165, 1.54) is 0 Å². The molecule has 1 rings (SSSR count). The summed E-state index contributed by atoms with van der Waals surface area (Å²) in [5.41, 5.74) is -4.86. The third-order valence-corrected chi connectivity index (χ3v) is 1.69. The summed E-state index contributed by atoms with van der Waals surface area (Å²) < 4.78 is 0. The molecule has 1 aliphatic heterocycles. The SMILES string of the molecule is O=C(O)C1(O)C=CC(O)(C(=O)O)N=C1. The minimum atomic E-state index is -2.50. The third-order valence-electron chi connectivity index (χ3n) is 1.69. The lowest BCUT2D eigenvalue weighted by Gasteiger charge is -2.23. The molecular weight excluding hydrogens is 194 g/mol. The van der Waals surface area contributed by atoms with Crippen molar-refractivity contribution in [1.29, 1.82) is 0 Å². The average molecular weight is 201 g/mol. The van der Waals surface area contributed by atoms with Crippen molar-refractivity contribution < 1.29 is 30.0 Å². The van der Waals surface area contributed by atoms with Gasteiger partial charge in [0.2, 0.25) is 5.60 Å². The van der Waals surface area contributed by atoms with E-state index in [1.807, 2.05) is 0 Å². The highest BCUT2D eigenvalue weighted by Gasteiger charge is 2.41. The number of rotatable bonds is 2. The number of hydrogen-bond donors (Lipinski definition) is 4. The predicted octanol–water partition coefficient (Wildman–Crippen LogP) is -1.78. The molecule has 0 amide bonds. The van der Waals surface area contributed by atoms with Gasteiger partial charge in [0.25, 0.3) is 5.72 Å². The highest BCUT2D eigenvalue weighted by molar-refractivity contribution is 6.02. The van der Waals surface area contributed by atoms with Crippen molar-refractivity contribution in [3.63, 3.8) is 0 Å². The molecule has 76 valence electrons. The topological polar surface area (TPSA) is 127 Å². The van der Waals surface area contributed by atoms with Gasteiger partial charge in [0.1, 0.15) is 0 Å². The van der Waals surface area contributed by atoms with Crippen molar-refractivity contribution in [2.24, 2.45) is 4.99 Å². The molecule has 14 heavy (non-hydrogen) atoms. The summed E-state index contributed by atoms with van der Waals surface area (Å²) in [6.45, 7) is 0. The highest BCUT2D eigenvalue weighted by atomic mass is 16.4. The second-order valence-electron chi connectivity index (χ2n) is 2.75. The molecule has 0 aliphatic carbocycles. The predicted molar refractivity (Wildman–Crippen MR) is 42.8 cm³/mol. The van der Waals surface area contributed by atoms with Gasteiger partial charge in [-0.3, -0.25) is 0 Å². The van der Waals surface area contributed by atoms with E-state index in [-0.39, 0.29) is 0 Å².